The molecule has 10 aromatic carbocycles. The number of hydrogen-bond acceptors (Lipinski definition) is 2. The van der Waals surface area contributed by atoms with Crippen LogP contribution in [0, 0.1) is 0 Å². The molecular formula is C54H35NO. The minimum atomic E-state index is 0.867. The van der Waals surface area contributed by atoms with Crippen LogP contribution in [0.5, 0.6) is 0 Å². The fourth-order valence-electron chi connectivity index (χ4n) is 8.54. The summed E-state index contributed by atoms with van der Waals surface area (Å²) in [7, 11) is 0. The first-order chi connectivity index (χ1) is 27.8. The van der Waals surface area contributed by atoms with Crippen LogP contribution in [0.3, 0.4) is 0 Å². The Balaban J connectivity index is 1.12. The average Bonchev–Trinajstić information content (AvgIpc) is 3.67. The van der Waals surface area contributed by atoms with Crippen LogP contribution in [0.1, 0.15) is 0 Å². The van der Waals surface area contributed by atoms with Crippen molar-refractivity contribution in [1.29, 1.82) is 0 Å². The molecule has 0 saturated heterocycles. The zero-order chi connectivity index (χ0) is 37.0. The van der Waals surface area contributed by atoms with Gasteiger partial charge in [0.1, 0.15) is 11.2 Å². The molecule has 0 atom stereocenters. The first-order valence-corrected chi connectivity index (χ1v) is 19.2. The molecule has 0 saturated carbocycles. The number of nitrogens with zero attached hydrogens (tertiary/aromatic N) is 1. The van der Waals surface area contributed by atoms with Crippen molar-refractivity contribution >= 4 is 71.3 Å². The highest BCUT2D eigenvalue weighted by atomic mass is 16.3. The number of benzene rings is 10. The van der Waals surface area contributed by atoms with Gasteiger partial charge in [0.2, 0.25) is 0 Å². The summed E-state index contributed by atoms with van der Waals surface area (Å²) in [5.41, 5.74) is 12.2. The molecule has 0 radical (unpaired) electrons. The maximum absolute atomic E-state index is 6.71. The molecule has 0 aliphatic carbocycles. The minimum Gasteiger partial charge on any atom is -0.455 e. The zero-order valence-corrected chi connectivity index (χ0v) is 30.6. The second-order valence-electron chi connectivity index (χ2n) is 14.5. The van der Waals surface area contributed by atoms with E-state index in [4.69, 9.17) is 4.42 Å². The van der Waals surface area contributed by atoms with E-state index in [-0.39, 0.29) is 0 Å². The predicted octanol–water partition coefficient (Wildman–Crippen LogP) is 15.5. The van der Waals surface area contributed by atoms with Crippen molar-refractivity contribution in [3.63, 3.8) is 0 Å². The molecular weight excluding hydrogens is 679 g/mol. The third kappa shape index (κ3) is 5.34. The lowest BCUT2D eigenvalue weighted by Gasteiger charge is -2.29. The standard InChI is InChI=1S/C54H35NO/c1-3-14-36(15-4-1)45-21-11-12-23-50(45)55(51-24-13-25-52-53(51)47-31-29-38-18-9-10-22-46(38)54(47)56-52)44-30-28-41-32-43(27-26-42(41)33-44)49-35-40-20-8-7-19-39(40)34-48(49)37-16-5-2-6-17-37/h1-35H. The number of furan rings is 1. The summed E-state index contributed by atoms with van der Waals surface area (Å²) in [6, 6.07) is 76.5. The molecule has 11 aromatic rings. The number of fused-ring (bicyclic) bond motifs is 7. The monoisotopic (exact) mass is 713 g/mol. The Hall–Kier alpha value is -7.42. The molecule has 1 aromatic heterocycles. The first kappa shape index (κ1) is 32.0. The van der Waals surface area contributed by atoms with E-state index in [1.165, 1.54) is 54.7 Å². The second-order valence-corrected chi connectivity index (χ2v) is 14.5. The summed E-state index contributed by atoms with van der Waals surface area (Å²) in [6.45, 7) is 0. The highest BCUT2D eigenvalue weighted by Crippen LogP contribution is 2.47. The van der Waals surface area contributed by atoms with Crippen LogP contribution in [0.15, 0.2) is 217 Å². The molecule has 0 N–H and O–H groups in total. The summed E-state index contributed by atoms with van der Waals surface area (Å²) in [4.78, 5) is 2.42. The van der Waals surface area contributed by atoms with Crippen molar-refractivity contribution in [2.24, 2.45) is 0 Å². The van der Waals surface area contributed by atoms with Crippen LogP contribution >= 0.6 is 0 Å². The van der Waals surface area contributed by atoms with Crippen molar-refractivity contribution in [3.05, 3.63) is 212 Å². The van der Waals surface area contributed by atoms with Crippen LogP contribution in [0.4, 0.5) is 17.1 Å². The van der Waals surface area contributed by atoms with E-state index in [1.807, 2.05) is 0 Å². The van der Waals surface area contributed by atoms with Crippen molar-refractivity contribution in [2.75, 3.05) is 4.90 Å². The molecule has 0 spiro atoms. The Kier molecular flexibility index (Phi) is 7.53. The van der Waals surface area contributed by atoms with Gasteiger partial charge < -0.3 is 9.32 Å². The summed E-state index contributed by atoms with van der Waals surface area (Å²) >= 11 is 0. The molecule has 0 fully saturated rings. The number of anilines is 3. The lowest BCUT2D eigenvalue weighted by Crippen LogP contribution is -2.11. The van der Waals surface area contributed by atoms with E-state index in [0.717, 1.165) is 50.0 Å². The van der Waals surface area contributed by atoms with Gasteiger partial charge in [-0.2, -0.15) is 0 Å². The van der Waals surface area contributed by atoms with Gasteiger partial charge in [-0.05, 0) is 109 Å². The van der Waals surface area contributed by atoms with Crippen molar-refractivity contribution in [2.45, 2.75) is 0 Å². The fourth-order valence-corrected chi connectivity index (χ4v) is 8.54. The summed E-state index contributed by atoms with van der Waals surface area (Å²) < 4.78 is 6.71. The van der Waals surface area contributed by atoms with E-state index in [9.17, 15) is 0 Å². The highest BCUT2D eigenvalue weighted by Gasteiger charge is 2.23. The molecule has 1 heterocycles. The maximum Gasteiger partial charge on any atom is 0.143 e. The average molecular weight is 714 g/mol. The Labute approximate surface area is 325 Å². The maximum atomic E-state index is 6.71. The summed E-state index contributed by atoms with van der Waals surface area (Å²) in [5.74, 6) is 0. The van der Waals surface area contributed by atoms with Crippen LogP contribution in [-0.4, -0.2) is 0 Å². The molecule has 0 aliphatic heterocycles. The van der Waals surface area contributed by atoms with Crippen LogP contribution < -0.4 is 4.90 Å². The number of para-hydroxylation sites is 1. The van der Waals surface area contributed by atoms with Gasteiger partial charge in [-0.25, -0.2) is 0 Å². The molecule has 0 amide bonds. The van der Waals surface area contributed by atoms with Crippen molar-refractivity contribution in [1.82, 2.24) is 0 Å². The Bertz CT molecular complexity index is 3250. The molecule has 262 valence electrons. The molecule has 11 rings (SSSR count). The molecule has 2 heteroatoms. The van der Waals surface area contributed by atoms with Gasteiger partial charge in [-0.15, -0.1) is 0 Å². The van der Waals surface area contributed by atoms with Gasteiger partial charge in [0.25, 0.3) is 0 Å². The van der Waals surface area contributed by atoms with Crippen LogP contribution in [0.25, 0.3) is 87.6 Å². The molecule has 0 unspecified atom stereocenters. The number of hydrogen-bond donors (Lipinski definition) is 0. The minimum absolute atomic E-state index is 0.867. The number of rotatable bonds is 6. The van der Waals surface area contributed by atoms with E-state index in [2.05, 4.69) is 217 Å². The molecule has 56 heavy (non-hydrogen) atoms. The SMILES string of the molecule is c1ccc(-c2cc3ccccc3cc2-c2ccc3cc(N(c4ccccc4-c4ccccc4)c4cccc5oc6c7ccccc7ccc6c45)ccc3c2)cc1. The summed E-state index contributed by atoms with van der Waals surface area (Å²) in [5, 5.41) is 9.32. The Morgan fingerprint density at radius 2 is 0.893 bits per heavy atom. The molecule has 0 bridgehead atoms. The van der Waals surface area contributed by atoms with E-state index >= 15 is 0 Å². The van der Waals surface area contributed by atoms with E-state index in [1.54, 1.807) is 0 Å². The van der Waals surface area contributed by atoms with Gasteiger partial charge in [0.15, 0.2) is 0 Å². The fraction of sp³-hybridized carbons (Fsp3) is 0. The van der Waals surface area contributed by atoms with E-state index in [0.29, 0.717) is 0 Å². The second kappa shape index (κ2) is 13.2. The van der Waals surface area contributed by atoms with Gasteiger partial charge in [-0.3, -0.25) is 0 Å². The zero-order valence-electron chi connectivity index (χ0n) is 30.6. The van der Waals surface area contributed by atoms with Gasteiger partial charge in [0, 0.05) is 22.0 Å². The van der Waals surface area contributed by atoms with E-state index < -0.39 is 0 Å². The van der Waals surface area contributed by atoms with Crippen molar-refractivity contribution < 1.29 is 4.42 Å². The van der Waals surface area contributed by atoms with Gasteiger partial charge in [0.05, 0.1) is 16.8 Å². The van der Waals surface area contributed by atoms with Gasteiger partial charge in [-0.1, -0.05) is 158 Å². The normalized spacial score (nSPS) is 11.6. The smallest absolute Gasteiger partial charge is 0.143 e. The predicted molar refractivity (Wildman–Crippen MR) is 237 cm³/mol. The Morgan fingerprint density at radius 3 is 1.68 bits per heavy atom. The lowest BCUT2D eigenvalue weighted by atomic mass is 9.90. The van der Waals surface area contributed by atoms with Crippen LogP contribution in [0.2, 0.25) is 0 Å². The highest BCUT2D eigenvalue weighted by molar-refractivity contribution is 6.20. The first-order valence-electron chi connectivity index (χ1n) is 19.2. The largest absolute Gasteiger partial charge is 0.455 e. The lowest BCUT2D eigenvalue weighted by molar-refractivity contribution is 0.672. The third-order valence-corrected chi connectivity index (χ3v) is 11.2. The van der Waals surface area contributed by atoms with Crippen molar-refractivity contribution in [3.8, 4) is 33.4 Å². The summed E-state index contributed by atoms with van der Waals surface area (Å²) in [6.07, 6.45) is 0. The molecule has 0 aliphatic rings. The Morgan fingerprint density at radius 1 is 0.321 bits per heavy atom. The topological polar surface area (TPSA) is 16.4 Å². The van der Waals surface area contributed by atoms with Gasteiger partial charge >= 0.3 is 0 Å². The molecule has 2 nitrogen and oxygen atoms in total. The third-order valence-electron chi connectivity index (χ3n) is 11.2. The quantitative estimate of drug-likeness (QED) is 0.171. The van der Waals surface area contributed by atoms with Crippen LogP contribution in [-0.2, 0) is 0 Å².